The molecule has 0 aromatic rings. The maximum Gasteiger partial charge on any atom is 0.317 e. The van der Waals surface area contributed by atoms with Gasteiger partial charge in [-0.25, -0.2) is 4.79 Å². The van der Waals surface area contributed by atoms with Crippen LogP contribution in [0.15, 0.2) is 0 Å². The molecular weight excluding hydrogens is 260 g/mol. The highest BCUT2D eigenvalue weighted by atomic mass is 16.5. The lowest BCUT2D eigenvalue weighted by atomic mass is 9.67. The molecule has 20 heavy (non-hydrogen) atoms. The molecule has 1 heterocycles. The normalized spacial score (nSPS) is 24.2. The maximum atomic E-state index is 12.1. The third-order valence-corrected chi connectivity index (χ3v) is 4.69. The number of hydrogen-bond donors (Lipinski definition) is 2. The maximum absolute atomic E-state index is 12.1. The van der Waals surface area contributed by atoms with Crippen molar-refractivity contribution in [1.29, 1.82) is 0 Å². The number of carboxylic acid groups (broad SMARTS) is 1. The lowest BCUT2D eigenvalue weighted by molar-refractivity contribution is -0.141. The molecule has 0 aromatic heterocycles. The number of urea groups is 1. The first-order chi connectivity index (χ1) is 9.56. The van der Waals surface area contributed by atoms with Crippen molar-refractivity contribution in [3.8, 4) is 0 Å². The van der Waals surface area contributed by atoms with Crippen molar-refractivity contribution in [3.05, 3.63) is 0 Å². The quantitative estimate of drug-likeness (QED) is 0.771. The van der Waals surface area contributed by atoms with E-state index in [9.17, 15) is 9.59 Å². The molecule has 6 nitrogen and oxygen atoms in total. The third-order valence-electron chi connectivity index (χ3n) is 4.69. The number of hydrogen-bond acceptors (Lipinski definition) is 3. The summed E-state index contributed by atoms with van der Waals surface area (Å²) >= 11 is 0. The van der Waals surface area contributed by atoms with Crippen LogP contribution in [0.1, 0.15) is 32.1 Å². The van der Waals surface area contributed by atoms with E-state index in [-0.39, 0.29) is 11.4 Å². The first-order valence-corrected chi connectivity index (χ1v) is 7.31. The topological polar surface area (TPSA) is 78.9 Å². The zero-order valence-electron chi connectivity index (χ0n) is 12.1. The van der Waals surface area contributed by atoms with E-state index in [2.05, 4.69) is 5.32 Å². The zero-order valence-corrected chi connectivity index (χ0v) is 12.1. The Labute approximate surface area is 119 Å². The van der Waals surface area contributed by atoms with Crippen LogP contribution >= 0.6 is 0 Å². The van der Waals surface area contributed by atoms with E-state index < -0.39 is 11.9 Å². The van der Waals surface area contributed by atoms with Gasteiger partial charge in [-0.1, -0.05) is 6.42 Å². The van der Waals surface area contributed by atoms with Gasteiger partial charge >= 0.3 is 12.0 Å². The van der Waals surface area contributed by atoms with Crippen LogP contribution in [-0.2, 0) is 9.53 Å². The van der Waals surface area contributed by atoms with Gasteiger partial charge in [0.15, 0.2) is 0 Å². The standard InChI is InChI=1S/C14H24N2O4/c1-20-8-6-14(4-2-5-14)10-15-13(19)16-7-3-11(9-16)12(17)18/h11H,2-10H2,1H3,(H,15,19)(H,17,18). The van der Waals surface area contributed by atoms with Gasteiger partial charge < -0.3 is 20.1 Å². The van der Waals surface area contributed by atoms with Crippen molar-refractivity contribution in [1.82, 2.24) is 10.2 Å². The number of rotatable bonds is 6. The molecule has 2 fully saturated rings. The van der Waals surface area contributed by atoms with Gasteiger partial charge in [-0.05, 0) is 31.1 Å². The van der Waals surface area contributed by atoms with Crippen LogP contribution in [0.2, 0.25) is 0 Å². The number of carbonyl (C=O) groups is 2. The molecule has 2 amide bonds. The molecule has 1 aliphatic heterocycles. The SMILES string of the molecule is COCCC1(CNC(=O)N2CCC(C(=O)O)C2)CCC1. The fraction of sp³-hybridized carbons (Fsp3) is 0.857. The van der Waals surface area contributed by atoms with Crippen molar-refractivity contribution >= 4 is 12.0 Å². The highest BCUT2D eigenvalue weighted by Crippen LogP contribution is 2.43. The molecular formula is C14H24N2O4. The van der Waals surface area contributed by atoms with Crippen LogP contribution in [0.25, 0.3) is 0 Å². The van der Waals surface area contributed by atoms with E-state index in [1.165, 1.54) is 6.42 Å². The molecule has 1 saturated heterocycles. The minimum atomic E-state index is -0.809. The average Bonchev–Trinajstić information content (AvgIpc) is 2.86. The van der Waals surface area contributed by atoms with Crippen molar-refractivity contribution in [2.75, 3.05) is 33.4 Å². The van der Waals surface area contributed by atoms with Gasteiger partial charge in [0.25, 0.3) is 0 Å². The summed E-state index contributed by atoms with van der Waals surface area (Å²) in [4.78, 5) is 24.6. The van der Waals surface area contributed by atoms with Gasteiger partial charge in [0, 0.05) is 33.4 Å². The summed E-state index contributed by atoms with van der Waals surface area (Å²) < 4.78 is 5.13. The molecule has 0 spiro atoms. The van der Waals surface area contributed by atoms with E-state index in [4.69, 9.17) is 9.84 Å². The second-order valence-corrected chi connectivity index (χ2v) is 6.02. The lowest BCUT2D eigenvalue weighted by Gasteiger charge is -2.42. The van der Waals surface area contributed by atoms with Crippen molar-refractivity contribution < 1.29 is 19.4 Å². The Morgan fingerprint density at radius 3 is 2.70 bits per heavy atom. The van der Waals surface area contributed by atoms with Crippen LogP contribution in [0, 0.1) is 11.3 Å². The summed E-state index contributed by atoms with van der Waals surface area (Å²) in [7, 11) is 1.70. The summed E-state index contributed by atoms with van der Waals surface area (Å²) in [5, 5.41) is 11.9. The Morgan fingerprint density at radius 1 is 1.45 bits per heavy atom. The Morgan fingerprint density at radius 2 is 2.20 bits per heavy atom. The Kier molecular flexibility index (Phi) is 4.86. The Hall–Kier alpha value is -1.30. The monoisotopic (exact) mass is 284 g/mol. The lowest BCUT2D eigenvalue weighted by Crippen LogP contribution is -2.47. The number of carbonyl (C=O) groups excluding carboxylic acids is 1. The third kappa shape index (κ3) is 3.42. The van der Waals surface area contributed by atoms with E-state index in [0.29, 0.717) is 26.1 Å². The number of carboxylic acids is 1. The van der Waals surface area contributed by atoms with Crippen molar-refractivity contribution in [2.24, 2.45) is 11.3 Å². The summed E-state index contributed by atoms with van der Waals surface area (Å²) in [5.74, 6) is -1.22. The molecule has 0 aromatic carbocycles. The second-order valence-electron chi connectivity index (χ2n) is 6.02. The fourth-order valence-corrected chi connectivity index (χ4v) is 3.03. The molecule has 0 radical (unpaired) electrons. The molecule has 2 rings (SSSR count). The van der Waals surface area contributed by atoms with Crippen molar-refractivity contribution in [2.45, 2.75) is 32.1 Å². The van der Waals surface area contributed by atoms with Gasteiger partial charge in [0.1, 0.15) is 0 Å². The van der Waals surface area contributed by atoms with Gasteiger partial charge in [0.05, 0.1) is 5.92 Å². The molecule has 2 aliphatic rings. The van der Waals surface area contributed by atoms with E-state index >= 15 is 0 Å². The summed E-state index contributed by atoms with van der Waals surface area (Å²) in [6.07, 6.45) is 5.01. The molecule has 6 heteroatoms. The fourth-order valence-electron chi connectivity index (χ4n) is 3.03. The summed E-state index contributed by atoms with van der Waals surface area (Å²) in [6.45, 7) is 2.25. The Bertz CT molecular complexity index is 368. The number of ether oxygens (including phenoxy) is 1. The predicted octanol–water partition coefficient (Wildman–Crippen LogP) is 1.31. The molecule has 2 N–H and O–H groups in total. The number of amides is 2. The number of methoxy groups -OCH3 is 1. The van der Waals surface area contributed by atoms with Crippen LogP contribution < -0.4 is 5.32 Å². The average molecular weight is 284 g/mol. The van der Waals surface area contributed by atoms with Crippen LogP contribution in [-0.4, -0.2) is 55.4 Å². The minimum Gasteiger partial charge on any atom is -0.481 e. The van der Waals surface area contributed by atoms with E-state index in [1.54, 1.807) is 12.0 Å². The zero-order chi connectivity index (χ0) is 14.6. The highest BCUT2D eigenvalue weighted by Gasteiger charge is 2.38. The molecule has 1 atom stereocenters. The van der Waals surface area contributed by atoms with Gasteiger partial charge in [-0.15, -0.1) is 0 Å². The first-order valence-electron chi connectivity index (χ1n) is 7.31. The molecule has 1 aliphatic carbocycles. The Balaban J connectivity index is 1.76. The highest BCUT2D eigenvalue weighted by molar-refractivity contribution is 5.77. The summed E-state index contributed by atoms with van der Waals surface area (Å²) in [5.41, 5.74) is 0.192. The molecule has 0 bridgehead atoms. The van der Waals surface area contributed by atoms with Gasteiger partial charge in [-0.3, -0.25) is 4.79 Å². The first kappa shape index (κ1) is 15.1. The number of likely N-dealkylation sites (tertiary alicyclic amines) is 1. The smallest absolute Gasteiger partial charge is 0.317 e. The van der Waals surface area contributed by atoms with Gasteiger partial charge in [-0.2, -0.15) is 0 Å². The van der Waals surface area contributed by atoms with Gasteiger partial charge in [0.2, 0.25) is 0 Å². The molecule has 1 unspecified atom stereocenters. The van der Waals surface area contributed by atoms with E-state index in [0.717, 1.165) is 25.9 Å². The predicted molar refractivity (Wildman–Crippen MR) is 73.5 cm³/mol. The van der Waals surface area contributed by atoms with Crippen LogP contribution in [0.4, 0.5) is 4.79 Å². The van der Waals surface area contributed by atoms with Crippen molar-refractivity contribution in [3.63, 3.8) is 0 Å². The number of aliphatic carboxylic acids is 1. The van der Waals surface area contributed by atoms with E-state index in [1.807, 2.05) is 0 Å². The number of nitrogens with one attached hydrogen (secondary N) is 1. The second kappa shape index (κ2) is 6.43. The minimum absolute atomic E-state index is 0.127. The molecule has 1 saturated carbocycles. The van der Waals surface area contributed by atoms with Crippen LogP contribution in [0.3, 0.4) is 0 Å². The summed E-state index contributed by atoms with van der Waals surface area (Å²) in [6, 6.07) is -0.127. The number of nitrogens with zero attached hydrogens (tertiary/aromatic N) is 1. The largest absolute Gasteiger partial charge is 0.481 e. The van der Waals surface area contributed by atoms with Crippen LogP contribution in [0.5, 0.6) is 0 Å². The molecule has 114 valence electrons.